The van der Waals surface area contributed by atoms with Crippen LogP contribution in [0.4, 0.5) is 36.4 Å². The second-order valence-electron chi connectivity index (χ2n) is 9.54. The van der Waals surface area contributed by atoms with Crippen LogP contribution in [0, 0.1) is 17.5 Å². The summed E-state index contributed by atoms with van der Waals surface area (Å²) in [6.07, 6.45) is 2.20. The first-order valence-electron chi connectivity index (χ1n) is 12.6. The summed E-state index contributed by atoms with van der Waals surface area (Å²) in [6.45, 7) is 3.34. The molecule has 16 heteroatoms. The van der Waals surface area contributed by atoms with Crippen LogP contribution in [0.25, 0.3) is 0 Å². The molecule has 230 valence electrons. The summed E-state index contributed by atoms with van der Waals surface area (Å²) in [5, 5.41) is 11.0. The lowest BCUT2D eigenvalue weighted by Gasteiger charge is -2.11. The maximum atomic E-state index is 14.3. The lowest BCUT2D eigenvalue weighted by molar-refractivity contribution is 0.496. The Morgan fingerprint density at radius 1 is 0.636 bits per heavy atom. The molecule has 0 aliphatic rings. The number of hydrazone groups is 2. The van der Waals surface area contributed by atoms with Crippen molar-refractivity contribution in [3.8, 4) is 0 Å². The van der Waals surface area contributed by atoms with E-state index >= 15 is 0 Å². The SMILES string of the molecule is CC(=NNc1cc(NN=C(C)c2ccc(S(C)(=O)=O)cc2)nc(Nc2cc(F)c(F)cc2F)n1)c1ccc(S(C)(=O)=O)cc1. The van der Waals surface area contributed by atoms with Gasteiger partial charge in [-0.3, -0.25) is 10.9 Å². The Bertz CT molecular complexity index is 1870. The number of hydrogen-bond donors (Lipinski definition) is 3. The quantitative estimate of drug-likeness (QED) is 0.121. The fourth-order valence-corrected chi connectivity index (χ4v) is 4.92. The molecule has 0 bridgehead atoms. The maximum Gasteiger partial charge on any atom is 0.231 e. The Hall–Kier alpha value is -4.83. The van der Waals surface area contributed by atoms with Crippen LogP contribution >= 0.6 is 0 Å². The molecule has 0 radical (unpaired) electrons. The number of aromatic nitrogens is 2. The van der Waals surface area contributed by atoms with Crippen LogP contribution in [0.3, 0.4) is 0 Å². The second-order valence-corrected chi connectivity index (χ2v) is 13.6. The number of halogens is 3. The molecule has 0 spiro atoms. The van der Waals surface area contributed by atoms with Crippen LogP contribution in [0.1, 0.15) is 25.0 Å². The van der Waals surface area contributed by atoms with E-state index in [1.165, 1.54) is 30.3 Å². The zero-order valence-corrected chi connectivity index (χ0v) is 25.4. The molecule has 3 N–H and O–H groups in total. The Balaban J connectivity index is 1.63. The lowest BCUT2D eigenvalue weighted by atomic mass is 10.1. The minimum atomic E-state index is -3.37. The second kappa shape index (κ2) is 12.8. The van der Waals surface area contributed by atoms with Gasteiger partial charge < -0.3 is 5.32 Å². The standard InChI is InChI=1S/C28H26F3N7O4S2/c1-16(18-5-9-20(10-6-18)43(3,39)40)35-37-26-15-27(34-28(33-26)32-25-14-23(30)22(29)13-24(25)31)38-36-17(2)19-7-11-21(12-8-19)44(4,41)42/h5-15H,1-4H3,(H3,32,33,34,37,38). The maximum absolute atomic E-state index is 14.3. The third-order valence-electron chi connectivity index (χ3n) is 6.06. The molecule has 4 rings (SSSR count). The fourth-order valence-electron chi connectivity index (χ4n) is 3.65. The van der Waals surface area contributed by atoms with E-state index < -0.39 is 42.8 Å². The van der Waals surface area contributed by atoms with Crippen LogP contribution < -0.4 is 16.2 Å². The van der Waals surface area contributed by atoms with Crippen molar-refractivity contribution in [3.63, 3.8) is 0 Å². The number of sulfone groups is 2. The van der Waals surface area contributed by atoms with Crippen LogP contribution in [0.15, 0.2) is 86.7 Å². The molecule has 0 aliphatic carbocycles. The monoisotopic (exact) mass is 645 g/mol. The van der Waals surface area contributed by atoms with Gasteiger partial charge in [-0.1, -0.05) is 24.3 Å². The summed E-state index contributed by atoms with van der Waals surface area (Å²) in [7, 11) is -6.75. The van der Waals surface area contributed by atoms with E-state index in [-0.39, 0.29) is 27.4 Å². The molecular formula is C28H26F3N7O4S2. The van der Waals surface area contributed by atoms with Crippen molar-refractivity contribution in [1.29, 1.82) is 0 Å². The van der Waals surface area contributed by atoms with Crippen molar-refractivity contribution in [2.45, 2.75) is 23.6 Å². The Morgan fingerprint density at radius 3 is 1.45 bits per heavy atom. The van der Waals surface area contributed by atoms with Crippen molar-refractivity contribution in [1.82, 2.24) is 9.97 Å². The van der Waals surface area contributed by atoms with Crippen LogP contribution in [-0.2, 0) is 19.7 Å². The van der Waals surface area contributed by atoms with E-state index in [0.29, 0.717) is 34.7 Å². The molecule has 0 saturated heterocycles. The van der Waals surface area contributed by atoms with Crippen molar-refractivity contribution in [2.24, 2.45) is 10.2 Å². The smallest absolute Gasteiger partial charge is 0.231 e. The molecule has 0 unspecified atom stereocenters. The highest BCUT2D eigenvalue weighted by atomic mass is 32.2. The van der Waals surface area contributed by atoms with Gasteiger partial charge in [-0.05, 0) is 49.2 Å². The molecule has 1 heterocycles. The summed E-state index contributed by atoms with van der Waals surface area (Å²) >= 11 is 0. The van der Waals surface area contributed by atoms with Crippen LogP contribution in [0.2, 0.25) is 0 Å². The Morgan fingerprint density at radius 2 is 1.05 bits per heavy atom. The minimum absolute atomic E-state index is 0.0884. The summed E-state index contributed by atoms with van der Waals surface area (Å²) in [5.74, 6) is -3.78. The first-order valence-corrected chi connectivity index (χ1v) is 16.4. The van der Waals surface area contributed by atoms with E-state index in [4.69, 9.17) is 0 Å². The van der Waals surface area contributed by atoms with Gasteiger partial charge in [0.05, 0.1) is 26.9 Å². The highest BCUT2D eigenvalue weighted by Gasteiger charge is 2.13. The number of nitrogens with zero attached hydrogens (tertiary/aromatic N) is 4. The number of benzene rings is 3. The van der Waals surface area contributed by atoms with Crippen LogP contribution in [0.5, 0.6) is 0 Å². The van der Waals surface area contributed by atoms with Gasteiger partial charge in [0.1, 0.15) is 5.82 Å². The summed E-state index contributed by atoms with van der Waals surface area (Å²) in [5.41, 5.74) is 7.19. The highest BCUT2D eigenvalue weighted by molar-refractivity contribution is 7.91. The van der Waals surface area contributed by atoms with Gasteiger partial charge in [-0.25, -0.2) is 30.0 Å². The Labute approximate surface area is 251 Å². The average molecular weight is 646 g/mol. The third-order valence-corrected chi connectivity index (χ3v) is 8.32. The van der Waals surface area contributed by atoms with Gasteiger partial charge in [-0.2, -0.15) is 20.2 Å². The molecule has 0 aliphatic heterocycles. The fraction of sp³-hybridized carbons (Fsp3) is 0.143. The third kappa shape index (κ3) is 8.17. The normalized spacial score (nSPS) is 12.6. The van der Waals surface area contributed by atoms with Crippen molar-refractivity contribution >= 4 is 54.4 Å². The number of hydrogen-bond acceptors (Lipinski definition) is 11. The average Bonchev–Trinajstić information content (AvgIpc) is 2.96. The predicted molar refractivity (Wildman–Crippen MR) is 162 cm³/mol. The van der Waals surface area contributed by atoms with Crippen LogP contribution in [-0.4, -0.2) is 50.7 Å². The Kier molecular flexibility index (Phi) is 9.34. The molecule has 1 aromatic heterocycles. The van der Waals surface area contributed by atoms with E-state index in [9.17, 15) is 30.0 Å². The molecule has 0 atom stereocenters. The van der Waals surface area contributed by atoms with Gasteiger partial charge in [0.15, 0.2) is 42.9 Å². The van der Waals surface area contributed by atoms with E-state index in [1.54, 1.807) is 38.1 Å². The first kappa shape index (κ1) is 32.1. The lowest BCUT2D eigenvalue weighted by Crippen LogP contribution is -2.08. The highest BCUT2D eigenvalue weighted by Crippen LogP contribution is 2.24. The zero-order chi connectivity index (χ0) is 32.2. The molecule has 3 aromatic carbocycles. The predicted octanol–water partition coefficient (Wildman–Crippen LogP) is 5.12. The van der Waals surface area contributed by atoms with Gasteiger partial charge >= 0.3 is 0 Å². The summed E-state index contributed by atoms with van der Waals surface area (Å²) in [4.78, 5) is 8.71. The topological polar surface area (TPSA) is 155 Å². The van der Waals surface area contributed by atoms with E-state index in [2.05, 4.69) is 36.3 Å². The molecule has 0 saturated carbocycles. The molecule has 11 nitrogen and oxygen atoms in total. The van der Waals surface area contributed by atoms with E-state index in [1.807, 2.05) is 0 Å². The molecule has 44 heavy (non-hydrogen) atoms. The van der Waals surface area contributed by atoms with Crippen molar-refractivity contribution < 1.29 is 30.0 Å². The molecule has 0 fully saturated rings. The van der Waals surface area contributed by atoms with Gasteiger partial charge in [0.2, 0.25) is 5.95 Å². The number of rotatable bonds is 10. The van der Waals surface area contributed by atoms with Crippen molar-refractivity contribution in [2.75, 3.05) is 28.7 Å². The minimum Gasteiger partial charge on any atom is -0.321 e. The first-order chi connectivity index (χ1) is 20.6. The number of anilines is 4. The zero-order valence-electron chi connectivity index (χ0n) is 23.7. The van der Waals surface area contributed by atoms with Gasteiger partial charge in [-0.15, -0.1) is 0 Å². The largest absolute Gasteiger partial charge is 0.321 e. The molecule has 0 amide bonds. The number of nitrogens with one attached hydrogen (secondary N) is 3. The van der Waals surface area contributed by atoms with Gasteiger partial charge in [0.25, 0.3) is 0 Å². The molecular weight excluding hydrogens is 619 g/mol. The van der Waals surface area contributed by atoms with Gasteiger partial charge in [0, 0.05) is 30.7 Å². The molecule has 4 aromatic rings. The van der Waals surface area contributed by atoms with E-state index in [0.717, 1.165) is 12.5 Å². The van der Waals surface area contributed by atoms with Crippen molar-refractivity contribution in [3.05, 3.63) is 95.3 Å². The summed E-state index contributed by atoms with van der Waals surface area (Å²) < 4.78 is 88.5. The summed E-state index contributed by atoms with van der Waals surface area (Å²) in [6, 6.07) is 14.5.